The number of amides is 1. The first-order chi connectivity index (χ1) is 10.1. The highest BCUT2D eigenvalue weighted by atomic mass is 35.5. The van der Waals surface area contributed by atoms with Gasteiger partial charge in [-0.2, -0.15) is 0 Å². The van der Waals surface area contributed by atoms with Crippen LogP contribution in [0.4, 0.5) is 0 Å². The minimum absolute atomic E-state index is 0.0179. The normalized spacial score (nSPS) is 21.7. The third-order valence-corrected chi connectivity index (χ3v) is 4.61. The first-order valence-corrected chi connectivity index (χ1v) is 7.65. The van der Waals surface area contributed by atoms with Gasteiger partial charge in [-0.15, -0.1) is 11.6 Å². The number of rotatable bonds is 4. The van der Waals surface area contributed by atoms with Crippen molar-refractivity contribution in [3.8, 4) is 11.5 Å². The van der Waals surface area contributed by atoms with Gasteiger partial charge in [-0.3, -0.25) is 4.79 Å². The molecule has 0 radical (unpaired) electrons. The van der Waals surface area contributed by atoms with Crippen LogP contribution in [-0.2, 0) is 0 Å². The van der Waals surface area contributed by atoms with Crippen LogP contribution in [0.25, 0.3) is 0 Å². The van der Waals surface area contributed by atoms with Crippen molar-refractivity contribution >= 4 is 17.5 Å². The lowest BCUT2D eigenvalue weighted by atomic mass is 9.93. The summed E-state index contributed by atoms with van der Waals surface area (Å²) in [5.41, 5.74) is 0.508. The van der Waals surface area contributed by atoms with Crippen LogP contribution in [0, 0.1) is 0 Å². The Morgan fingerprint density at radius 3 is 2.57 bits per heavy atom. The lowest BCUT2D eigenvalue weighted by Crippen LogP contribution is -2.44. The molecule has 116 valence electrons. The highest BCUT2D eigenvalue weighted by Gasteiger charge is 2.31. The zero-order chi connectivity index (χ0) is 15.4. The van der Waals surface area contributed by atoms with E-state index in [1.807, 2.05) is 7.05 Å². The van der Waals surface area contributed by atoms with Gasteiger partial charge in [0.25, 0.3) is 5.91 Å². The maximum atomic E-state index is 12.8. The molecular weight excluding hydrogens is 290 g/mol. The number of hydrogen-bond acceptors (Lipinski definition) is 3. The molecule has 0 heterocycles. The van der Waals surface area contributed by atoms with Crippen LogP contribution in [0.5, 0.6) is 11.5 Å². The molecule has 1 saturated carbocycles. The predicted octanol–water partition coefficient (Wildman–Crippen LogP) is 3.33. The molecule has 2 unspecified atom stereocenters. The van der Waals surface area contributed by atoms with E-state index in [-0.39, 0.29) is 17.3 Å². The van der Waals surface area contributed by atoms with Gasteiger partial charge in [0.2, 0.25) is 0 Å². The number of halogens is 1. The molecule has 1 amide bonds. The summed E-state index contributed by atoms with van der Waals surface area (Å²) < 4.78 is 10.5. The van der Waals surface area contributed by atoms with Crippen LogP contribution in [0.2, 0.25) is 0 Å². The van der Waals surface area contributed by atoms with Gasteiger partial charge in [-0.25, -0.2) is 0 Å². The average molecular weight is 312 g/mol. The zero-order valence-electron chi connectivity index (χ0n) is 12.8. The summed E-state index contributed by atoms with van der Waals surface area (Å²) in [6, 6.07) is 5.31. The fourth-order valence-corrected chi connectivity index (χ4v) is 3.27. The molecule has 5 heteroatoms. The van der Waals surface area contributed by atoms with Crippen LogP contribution in [-0.4, -0.2) is 43.5 Å². The molecule has 21 heavy (non-hydrogen) atoms. The molecular formula is C16H22ClNO3. The van der Waals surface area contributed by atoms with Crippen molar-refractivity contribution in [2.75, 3.05) is 21.3 Å². The van der Waals surface area contributed by atoms with Crippen LogP contribution in [0.15, 0.2) is 18.2 Å². The van der Waals surface area contributed by atoms with E-state index in [1.54, 1.807) is 37.3 Å². The van der Waals surface area contributed by atoms with Gasteiger partial charge >= 0.3 is 0 Å². The predicted molar refractivity (Wildman–Crippen MR) is 83.5 cm³/mol. The molecule has 2 atom stereocenters. The standard InChI is InChI=1S/C16H22ClNO3/c1-18(14-7-5-4-6-13(14)17)16(19)12-10-11(20-2)8-9-15(12)21-3/h8-10,13-14H,4-7H2,1-3H3. The molecule has 1 aromatic carbocycles. The van der Waals surface area contributed by atoms with E-state index in [2.05, 4.69) is 0 Å². The molecule has 1 fully saturated rings. The minimum atomic E-state index is -0.0803. The van der Waals surface area contributed by atoms with Gasteiger partial charge in [-0.05, 0) is 31.0 Å². The molecule has 0 aliphatic heterocycles. The first-order valence-electron chi connectivity index (χ1n) is 7.21. The highest BCUT2D eigenvalue weighted by molar-refractivity contribution is 6.21. The maximum absolute atomic E-state index is 12.8. The van der Waals surface area contributed by atoms with Gasteiger partial charge in [0.15, 0.2) is 0 Å². The zero-order valence-corrected chi connectivity index (χ0v) is 13.5. The topological polar surface area (TPSA) is 38.8 Å². The van der Waals surface area contributed by atoms with E-state index in [9.17, 15) is 4.79 Å². The van der Waals surface area contributed by atoms with Crippen molar-refractivity contribution in [1.82, 2.24) is 4.90 Å². The Labute approximate surface area is 131 Å². The van der Waals surface area contributed by atoms with E-state index < -0.39 is 0 Å². The van der Waals surface area contributed by atoms with E-state index in [1.165, 1.54) is 0 Å². The fourth-order valence-electron chi connectivity index (χ4n) is 2.82. The SMILES string of the molecule is COc1ccc(OC)c(C(=O)N(C)C2CCCCC2Cl)c1. The van der Waals surface area contributed by atoms with Gasteiger partial charge in [0, 0.05) is 13.1 Å². The van der Waals surface area contributed by atoms with Crippen molar-refractivity contribution in [1.29, 1.82) is 0 Å². The second kappa shape index (κ2) is 7.03. The Kier molecular flexibility index (Phi) is 5.34. The summed E-state index contributed by atoms with van der Waals surface area (Å²) >= 11 is 6.39. The monoisotopic (exact) mass is 311 g/mol. The summed E-state index contributed by atoms with van der Waals surface area (Å²) in [7, 11) is 4.95. The summed E-state index contributed by atoms with van der Waals surface area (Å²) in [6.45, 7) is 0. The largest absolute Gasteiger partial charge is 0.497 e. The molecule has 0 N–H and O–H groups in total. The molecule has 1 aliphatic rings. The Morgan fingerprint density at radius 1 is 1.24 bits per heavy atom. The van der Waals surface area contributed by atoms with Crippen molar-refractivity contribution < 1.29 is 14.3 Å². The number of nitrogens with zero attached hydrogens (tertiary/aromatic N) is 1. The summed E-state index contributed by atoms with van der Waals surface area (Å²) in [6.07, 6.45) is 4.15. The smallest absolute Gasteiger partial charge is 0.257 e. The average Bonchev–Trinajstić information content (AvgIpc) is 2.53. The van der Waals surface area contributed by atoms with Crippen LogP contribution in [0.3, 0.4) is 0 Å². The first kappa shape index (κ1) is 16.0. The van der Waals surface area contributed by atoms with Crippen LogP contribution >= 0.6 is 11.6 Å². The molecule has 0 saturated heterocycles. The Hall–Kier alpha value is -1.42. The summed E-state index contributed by atoms with van der Waals surface area (Å²) in [5, 5.41) is 0.0179. The number of benzene rings is 1. The van der Waals surface area contributed by atoms with Crippen LogP contribution < -0.4 is 9.47 Å². The molecule has 4 nitrogen and oxygen atoms in total. The molecule has 0 spiro atoms. The Balaban J connectivity index is 2.25. The second-order valence-corrected chi connectivity index (χ2v) is 5.91. The van der Waals surface area contributed by atoms with Crippen molar-refractivity contribution in [2.24, 2.45) is 0 Å². The Bertz CT molecular complexity index is 506. The number of carbonyl (C=O) groups excluding carboxylic acids is 1. The van der Waals surface area contributed by atoms with Gasteiger partial charge in [0.05, 0.1) is 25.2 Å². The summed E-state index contributed by atoms with van der Waals surface area (Å²) in [5.74, 6) is 1.11. The Morgan fingerprint density at radius 2 is 1.95 bits per heavy atom. The number of methoxy groups -OCH3 is 2. The fraction of sp³-hybridized carbons (Fsp3) is 0.562. The highest BCUT2D eigenvalue weighted by Crippen LogP contribution is 2.30. The van der Waals surface area contributed by atoms with Gasteiger partial charge in [-0.1, -0.05) is 12.8 Å². The lowest BCUT2D eigenvalue weighted by Gasteiger charge is -2.35. The van der Waals surface area contributed by atoms with Crippen molar-refractivity contribution in [3.63, 3.8) is 0 Å². The van der Waals surface area contributed by atoms with E-state index in [4.69, 9.17) is 21.1 Å². The summed E-state index contributed by atoms with van der Waals surface area (Å²) in [4.78, 5) is 14.5. The third kappa shape index (κ3) is 3.43. The van der Waals surface area contributed by atoms with E-state index >= 15 is 0 Å². The molecule has 1 aliphatic carbocycles. The van der Waals surface area contributed by atoms with Crippen molar-refractivity contribution in [3.05, 3.63) is 23.8 Å². The number of alkyl halides is 1. The van der Waals surface area contributed by atoms with Crippen molar-refractivity contribution in [2.45, 2.75) is 37.1 Å². The minimum Gasteiger partial charge on any atom is -0.497 e. The molecule has 0 aromatic heterocycles. The third-order valence-electron chi connectivity index (χ3n) is 4.10. The number of hydrogen-bond donors (Lipinski definition) is 0. The number of carbonyl (C=O) groups is 1. The lowest BCUT2D eigenvalue weighted by molar-refractivity contribution is 0.0696. The van der Waals surface area contributed by atoms with Gasteiger partial charge in [0.1, 0.15) is 11.5 Å². The van der Waals surface area contributed by atoms with Crippen LogP contribution in [0.1, 0.15) is 36.0 Å². The van der Waals surface area contributed by atoms with Gasteiger partial charge < -0.3 is 14.4 Å². The molecule has 2 rings (SSSR count). The van der Waals surface area contributed by atoms with E-state index in [0.29, 0.717) is 17.1 Å². The van der Waals surface area contributed by atoms with E-state index in [0.717, 1.165) is 25.7 Å². The maximum Gasteiger partial charge on any atom is 0.257 e. The number of ether oxygens (including phenoxy) is 2. The molecule has 0 bridgehead atoms. The molecule has 1 aromatic rings. The second-order valence-electron chi connectivity index (χ2n) is 5.35. The quantitative estimate of drug-likeness (QED) is 0.801.